The number of nitrogens with one attached hydrogen (secondary N) is 2. The van der Waals surface area contributed by atoms with E-state index in [1.165, 1.54) is 36.9 Å². The van der Waals surface area contributed by atoms with Gasteiger partial charge in [-0.25, -0.2) is 0 Å². The van der Waals surface area contributed by atoms with Crippen LogP contribution in [0.2, 0.25) is 0 Å². The average molecular weight is 391 g/mol. The van der Waals surface area contributed by atoms with Crippen molar-refractivity contribution in [2.24, 2.45) is 23.2 Å². The summed E-state index contributed by atoms with van der Waals surface area (Å²) in [6.45, 7) is 9.38. The number of fused-ring (bicyclic) bond motifs is 2. The lowest BCUT2D eigenvalue weighted by molar-refractivity contribution is -0.103. The molecule has 29 heavy (non-hydrogen) atoms. The number of rotatable bonds is 10. The van der Waals surface area contributed by atoms with E-state index in [9.17, 15) is 0 Å². The van der Waals surface area contributed by atoms with E-state index in [1.54, 1.807) is 0 Å². The third kappa shape index (κ3) is 4.75. The van der Waals surface area contributed by atoms with Gasteiger partial charge >= 0.3 is 0 Å². The molecule has 3 atom stereocenters. The molecule has 3 saturated carbocycles. The SMILES string of the molecule is CC1(C)C2CC[C@@H](CNCCNCCC(c3ccccc3)c3ccccc3)C1C2. The van der Waals surface area contributed by atoms with Crippen LogP contribution in [0.1, 0.15) is 56.6 Å². The summed E-state index contributed by atoms with van der Waals surface area (Å²) in [5, 5.41) is 7.40. The van der Waals surface area contributed by atoms with Crippen molar-refractivity contribution >= 4 is 0 Å². The second-order valence-corrected chi connectivity index (χ2v) is 9.81. The van der Waals surface area contributed by atoms with Gasteiger partial charge in [-0.2, -0.15) is 0 Å². The van der Waals surface area contributed by atoms with Crippen LogP contribution in [-0.2, 0) is 0 Å². The molecule has 2 unspecified atom stereocenters. The molecule has 2 aromatic carbocycles. The molecular weight excluding hydrogens is 352 g/mol. The lowest BCUT2D eigenvalue weighted by Crippen LogP contribution is -2.54. The molecule has 0 aliphatic heterocycles. The van der Waals surface area contributed by atoms with Gasteiger partial charge in [-0.3, -0.25) is 0 Å². The summed E-state index contributed by atoms with van der Waals surface area (Å²) in [6, 6.07) is 21.9. The van der Waals surface area contributed by atoms with Gasteiger partial charge in [-0.1, -0.05) is 74.5 Å². The van der Waals surface area contributed by atoms with Gasteiger partial charge in [0.2, 0.25) is 0 Å². The van der Waals surface area contributed by atoms with Crippen LogP contribution in [0.5, 0.6) is 0 Å². The van der Waals surface area contributed by atoms with E-state index in [-0.39, 0.29) is 0 Å². The highest BCUT2D eigenvalue weighted by molar-refractivity contribution is 5.32. The maximum Gasteiger partial charge on any atom is 0.0101 e. The van der Waals surface area contributed by atoms with E-state index in [4.69, 9.17) is 0 Å². The Balaban J connectivity index is 1.17. The molecule has 2 aromatic rings. The maximum absolute atomic E-state index is 3.74. The number of hydrogen-bond donors (Lipinski definition) is 2. The van der Waals surface area contributed by atoms with E-state index in [0.29, 0.717) is 11.3 Å². The van der Waals surface area contributed by atoms with Gasteiger partial charge in [0.05, 0.1) is 0 Å². The molecule has 2 heteroatoms. The largest absolute Gasteiger partial charge is 0.315 e. The van der Waals surface area contributed by atoms with Crippen LogP contribution >= 0.6 is 0 Å². The van der Waals surface area contributed by atoms with Crippen LogP contribution < -0.4 is 10.6 Å². The summed E-state index contributed by atoms with van der Waals surface area (Å²) in [5.74, 6) is 3.33. The Morgan fingerprint density at radius 2 is 1.45 bits per heavy atom. The molecule has 156 valence electrons. The third-order valence-corrected chi connectivity index (χ3v) is 7.90. The summed E-state index contributed by atoms with van der Waals surface area (Å²) in [6.07, 6.45) is 5.51. The van der Waals surface area contributed by atoms with E-state index < -0.39 is 0 Å². The quantitative estimate of drug-likeness (QED) is 0.526. The fraction of sp³-hybridized carbons (Fsp3) is 0.556. The monoisotopic (exact) mass is 390 g/mol. The van der Waals surface area contributed by atoms with Crippen molar-refractivity contribution in [2.75, 3.05) is 26.2 Å². The minimum absolute atomic E-state index is 0.467. The van der Waals surface area contributed by atoms with Gasteiger partial charge in [0, 0.05) is 19.0 Å². The summed E-state index contributed by atoms with van der Waals surface area (Å²) < 4.78 is 0. The maximum atomic E-state index is 3.74. The van der Waals surface area contributed by atoms with Crippen molar-refractivity contribution in [1.29, 1.82) is 0 Å². The average Bonchev–Trinajstić information content (AvgIpc) is 2.77. The zero-order valence-corrected chi connectivity index (χ0v) is 18.2. The van der Waals surface area contributed by atoms with Crippen LogP contribution in [-0.4, -0.2) is 26.2 Å². The highest BCUT2D eigenvalue weighted by atomic mass is 14.9. The molecular formula is C27H38N2. The van der Waals surface area contributed by atoms with Gasteiger partial charge in [-0.15, -0.1) is 0 Å². The van der Waals surface area contributed by atoms with Crippen LogP contribution in [0.25, 0.3) is 0 Å². The Labute approximate surface area is 177 Å². The van der Waals surface area contributed by atoms with Crippen molar-refractivity contribution < 1.29 is 0 Å². The van der Waals surface area contributed by atoms with E-state index in [1.807, 2.05) is 0 Å². The predicted octanol–water partition coefficient (Wildman–Crippen LogP) is 5.46. The topological polar surface area (TPSA) is 24.1 Å². The number of hydrogen-bond acceptors (Lipinski definition) is 2. The zero-order valence-electron chi connectivity index (χ0n) is 18.2. The molecule has 0 heterocycles. The zero-order chi connectivity index (χ0) is 20.1. The molecule has 0 saturated heterocycles. The first kappa shape index (κ1) is 20.6. The molecule has 0 amide bonds. The molecule has 3 fully saturated rings. The third-order valence-electron chi connectivity index (χ3n) is 7.90. The Bertz CT molecular complexity index is 698. The Morgan fingerprint density at radius 1 is 0.828 bits per heavy atom. The van der Waals surface area contributed by atoms with Crippen molar-refractivity contribution in [3.05, 3.63) is 71.8 Å². The summed E-state index contributed by atoms with van der Waals surface area (Å²) in [7, 11) is 0. The molecule has 3 aliphatic carbocycles. The second-order valence-electron chi connectivity index (χ2n) is 9.81. The highest BCUT2D eigenvalue weighted by Gasteiger charge is 2.53. The van der Waals surface area contributed by atoms with Crippen LogP contribution in [0.15, 0.2) is 60.7 Å². The smallest absolute Gasteiger partial charge is 0.0101 e. The van der Waals surface area contributed by atoms with Gasteiger partial charge in [0.25, 0.3) is 0 Å². The molecule has 2 N–H and O–H groups in total. The van der Waals surface area contributed by atoms with Crippen LogP contribution in [0, 0.1) is 23.2 Å². The second kappa shape index (κ2) is 9.45. The fourth-order valence-electron chi connectivity index (χ4n) is 5.94. The van der Waals surface area contributed by atoms with E-state index >= 15 is 0 Å². The summed E-state index contributed by atoms with van der Waals surface area (Å²) in [5.41, 5.74) is 3.43. The highest BCUT2D eigenvalue weighted by Crippen LogP contribution is 2.61. The van der Waals surface area contributed by atoms with Crippen LogP contribution in [0.3, 0.4) is 0 Å². The number of benzene rings is 2. The molecule has 5 rings (SSSR count). The molecule has 2 nitrogen and oxygen atoms in total. The van der Waals surface area contributed by atoms with Gasteiger partial charge < -0.3 is 10.6 Å². The predicted molar refractivity (Wildman–Crippen MR) is 123 cm³/mol. The van der Waals surface area contributed by atoms with Crippen LogP contribution in [0.4, 0.5) is 0 Å². The van der Waals surface area contributed by atoms with Crippen molar-refractivity contribution in [3.63, 3.8) is 0 Å². The summed E-state index contributed by atoms with van der Waals surface area (Å²) >= 11 is 0. The standard InChI is InChI=1S/C27H38N2/c1-27(2)24-14-13-23(26(27)19-24)20-29-18-17-28-16-15-25(21-9-5-3-6-10-21)22-11-7-4-8-12-22/h3-12,23-26,28-29H,13-20H2,1-2H3/t23-,24?,26?/m0/s1. The van der Waals surface area contributed by atoms with Gasteiger partial charge in [0.15, 0.2) is 0 Å². The normalized spacial score (nSPS) is 25.0. The van der Waals surface area contributed by atoms with E-state index in [2.05, 4.69) is 85.1 Å². The van der Waals surface area contributed by atoms with Crippen molar-refractivity contribution in [1.82, 2.24) is 10.6 Å². The molecule has 0 spiro atoms. The molecule has 0 aromatic heterocycles. The molecule has 3 aliphatic rings. The minimum Gasteiger partial charge on any atom is -0.315 e. The first-order valence-electron chi connectivity index (χ1n) is 11.7. The van der Waals surface area contributed by atoms with E-state index in [0.717, 1.165) is 43.8 Å². The lowest BCUT2D eigenvalue weighted by atomic mass is 9.45. The Hall–Kier alpha value is -1.64. The minimum atomic E-state index is 0.467. The molecule has 2 bridgehead atoms. The van der Waals surface area contributed by atoms with Gasteiger partial charge in [-0.05, 0) is 73.1 Å². The Kier molecular flexibility index (Phi) is 6.72. The Morgan fingerprint density at radius 3 is 2.03 bits per heavy atom. The fourth-order valence-corrected chi connectivity index (χ4v) is 5.94. The van der Waals surface area contributed by atoms with Crippen molar-refractivity contribution in [3.8, 4) is 0 Å². The first-order valence-corrected chi connectivity index (χ1v) is 11.7. The first-order chi connectivity index (χ1) is 14.2. The van der Waals surface area contributed by atoms with Crippen molar-refractivity contribution in [2.45, 2.75) is 45.4 Å². The molecule has 0 radical (unpaired) electrons. The van der Waals surface area contributed by atoms with Gasteiger partial charge in [0.1, 0.15) is 0 Å². The summed E-state index contributed by atoms with van der Waals surface area (Å²) in [4.78, 5) is 0. The lowest BCUT2D eigenvalue weighted by Gasteiger charge is -2.60.